The molecule has 3 aromatic carbocycles. The molecular formula is C27H21N3O. The Hall–Kier alpha value is -4.18. The van der Waals surface area contributed by atoms with Crippen LogP contribution in [0, 0.1) is 0 Å². The van der Waals surface area contributed by atoms with Crippen LogP contribution >= 0.6 is 0 Å². The number of para-hydroxylation sites is 1. The van der Waals surface area contributed by atoms with E-state index in [2.05, 4.69) is 50.9 Å². The van der Waals surface area contributed by atoms with Gasteiger partial charge in [0.05, 0.1) is 18.1 Å². The van der Waals surface area contributed by atoms with Gasteiger partial charge in [-0.2, -0.15) is 0 Å². The fraction of sp³-hybridized carbons (Fsp3) is 0.0370. The molecule has 4 nitrogen and oxygen atoms in total. The van der Waals surface area contributed by atoms with Crippen LogP contribution in [0.4, 0.5) is 0 Å². The van der Waals surface area contributed by atoms with Crippen molar-refractivity contribution < 1.29 is 4.74 Å². The van der Waals surface area contributed by atoms with Crippen molar-refractivity contribution in [2.24, 2.45) is 0 Å². The fourth-order valence-corrected chi connectivity index (χ4v) is 3.77. The Balaban J connectivity index is 1.55. The molecule has 5 aromatic rings. The van der Waals surface area contributed by atoms with E-state index in [1.165, 1.54) is 0 Å². The summed E-state index contributed by atoms with van der Waals surface area (Å²) in [4.78, 5) is 8.88. The highest BCUT2D eigenvalue weighted by Crippen LogP contribution is 2.34. The molecule has 0 bridgehead atoms. The number of benzene rings is 3. The van der Waals surface area contributed by atoms with E-state index >= 15 is 0 Å². The summed E-state index contributed by atoms with van der Waals surface area (Å²) in [6.07, 6.45) is 7.49. The standard InChI is InChI=1S/C27H21N3O/c1-2-8-22(9-3-1)31-23-15-13-21(14-16-23)27(30-19-18-28-20-30)25-11-5-4-10-24(25)26-12-6-7-17-29-26/h1-20,27H. The summed E-state index contributed by atoms with van der Waals surface area (Å²) in [6, 6.07) is 32.4. The molecule has 0 fully saturated rings. The van der Waals surface area contributed by atoms with Crippen LogP contribution < -0.4 is 4.74 Å². The molecule has 0 N–H and O–H groups in total. The zero-order valence-electron chi connectivity index (χ0n) is 16.9. The molecule has 0 aliphatic rings. The van der Waals surface area contributed by atoms with E-state index in [1.807, 2.05) is 85.6 Å². The summed E-state index contributed by atoms with van der Waals surface area (Å²) in [5.74, 6) is 1.62. The van der Waals surface area contributed by atoms with Crippen molar-refractivity contribution in [2.45, 2.75) is 6.04 Å². The first kappa shape index (κ1) is 18.8. The summed E-state index contributed by atoms with van der Waals surface area (Å²) in [7, 11) is 0. The quantitative estimate of drug-likeness (QED) is 0.330. The first-order valence-electron chi connectivity index (χ1n) is 10.2. The molecule has 1 atom stereocenters. The highest BCUT2D eigenvalue weighted by Gasteiger charge is 2.20. The van der Waals surface area contributed by atoms with Gasteiger partial charge in [0.1, 0.15) is 11.5 Å². The summed E-state index contributed by atoms with van der Waals surface area (Å²) in [5.41, 5.74) is 4.36. The van der Waals surface area contributed by atoms with Gasteiger partial charge in [0.2, 0.25) is 0 Å². The van der Waals surface area contributed by atoms with Crippen molar-refractivity contribution in [3.63, 3.8) is 0 Å². The highest BCUT2D eigenvalue weighted by molar-refractivity contribution is 5.65. The average molecular weight is 403 g/mol. The van der Waals surface area contributed by atoms with Gasteiger partial charge in [-0.1, -0.05) is 60.7 Å². The lowest BCUT2D eigenvalue weighted by molar-refractivity contribution is 0.482. The fourth-order valence-electron chi connectivity index (χ4n) is 3.77. The SMILES string of the molecule is c1ccc(Oc2ccc(C(c3ccccc3-c3ccccn3)n3ccnc3)cc2)cc1. The Kier molecular flexibility index (Phi) is 5.27. The highest BCUT2D eigenvalue weighted by atomic mass is 16.5. The molecule has 0 amide bonds. The van der Waals surface area contributed by atoms with Gasteiger partial charge in [-0.15, -0.1) is 0 Å². The molecule has 1 unspecified atom stereocenters. The predicted molar refractivity (Wildman–Crippen MR) is 122 cm³/mol. The van der Waals surface area contributed by atoms with E-state index in [1.54, 1.807) is 0 Å². The molecule has 2 aromatic heterocycles. The van der Waals surface area contributed by atoms with E-state index in [4.69, 9.17) is 4.74 Å². The lowest BCUT2D eigenvalue weighted by Gasteiger charge is -2.22. The van der Waals surface area contributed by atoms with Crippen LogP contribution in [0.3, 0.4) is 0 Å². The lowest BCUT2D eigenvalue weighted by Crippen LogP contribution is -2.12. The zero-order chi connectivity index (χ0) is 20.9. The van der Waals surface area contributed by atoms with Crippen LogP contribution in [0.5, 0.6) is 11.5 Å². The van der Waals surface area contributed by atoms with Gasteiger partial charge in [0.25, 0.3) is 0 Å². The Labute approximate surface area is 181 Å². The maximum absolute atomic E-state index is 5.97. The molecule has 5 rings (SSSR count). The van der Waals surface area contributed by atoms with E-state index in [0.29, 0.717) is 0 Å². The van der Waals surface area contributed by atoms with Gasteiger partial charge in [-0.25, -0.2) is 4.98 Å². The number of nitrogens with zero attached hydrogens (tertiary/aromatic N) is 3. The smallest absolute Gasteiger partial charge is 0.127 e. The minimum atomic E-state index is -0.0357. The Bertz CT molecular complexity index is 1230. The minimum absolute atomic E-state index is 0.0357. The molecule has 150 valence electrons. The van der Waals surface area contributed by atoms with E-state index < -0.39 is 0 Å². The predicted octanol–water partition coefficient (Wildman–Crippen LogP) is 6.38. The van der Waals surface area contributed by atoms with Crippen LogP contribution in [0.15, 0.2) is 122 Å². The normalized spacial score (nSPS) is 11.7. The molecule has 0 aliphatic heterocycles. The number of aromatic nitrogens is 3. The Morgan fingerprint density at radius 1 is 0.677 bits per heavy atom. The first-order valence-corrected chi connectivity index (χ1v) is 10.2. The van der Waals surface area contributed by atoms with Gasteiger partial charge in [-0.05, 0) is 47.5 Å². The molecule has 0 radical (unpaired) electrons. The van der Waals surface area contributed by atoms with Gasteiger partial charge < -0.3 is 9.30 Å². The molecule has 0 saturated heterocycles. The van der Waals surface area contributed by atoms with Gasteiger partial charge in [0, 0.05) is 24.2 Å². The van der Waals surface area contributed by atoms with Gasteiger partial charge in [-0.3, -0.25) is 4.98 Å². The molecule has 2 heterocycles. The van der Waals surface area contributed by atoms with Crippen molar-refractivity contribution in [2.75, 3.05) is 0 Å². The summed E-state index contributed by atoms with van der Waals surface area (Å²) in [5, 5.41) is 0. The topological polar surface area (TPSA) is 39.9 Å². The number of hydrogen-bond donors (Lipinski definition) is 0. The molecule has 0 aliphatic carbocycles. The maximum atomic E-state index is 5.97. The number of hydrogen-bond acceptors (Lipinski definition) is 3. The monoisotopic (exact) mass is 403 g/mol. The molecule has 31 heavy (non-hydrogen) atoms. The van der Waals surface area contributed by atoms with Crippen molar-refractivity contribution in [3.8, 4) is 22.8 Å². The van der Waals surface area contributed by atoms with Crippen LogP contribution in [0.25, 0.3) is 11.3 Å². The average Bonchev–Trinajstić information content (AvgIpc) is 3.36. The number of pyridine rings is 1. The Morgan fingerprint density at radius 3 is 2.16 bits per heavy atom. The molecule has 4 heteroatoms. The third-order valence-electron chi connectivity index (χ3n) is 5.19. The summed E-state index contributed by atoms with van der Waals surface area (Å²) < 4.78 is 8.09. The van der Waals surface area contributed by atoms with Crippen molar-refractivity contribution in [3.05, 3.63) is 133 Å². The maximum Gasteiger partial charge on any atom is 0.127 e. The van der Waals surface area contributed by atoms with Crippen LogP contribution in [-0.4, -0.2) is 14.5 Å². The third-order valence-corrected chi connectivity index (χ3v) is 5.19. The molecule has 0 saturated carbocycles. The lowest BCUT2D eigenvalue weighted by atomic mass is 9.92. The van der Waals surface area contributed by atoms with Crippen LogP contribution in [0.1, 0.15) is 17.2 Å². The van der Waals surface area contributed by atoms with E-state index in [-0.39, 0.29) is 6.04 Å². The second-order valence-electron chi connectivity index (χ2n) is 7.20. The number of ether oxygens (including phenoxy) is 1. The molecular weight excluding hydrogens is 382 g/mol. The second kappa shape index (κ2) is 8.67. The summed E-state index contributed by atoms with van der Waals surface area (Å²) >= 11 is 0. The first-order chi connectivity index (χ1) is 15.4. The number of rotatable bonds is 6. The number of imidazole rings is 1. The molecule has 0 spiro atoms. The van der Waals surface area contributed by atoms with Crippen LogP contribution in [-0.2, 0) is 0 Å². The van der Waals surface area contributed by atoms with Crippen LogP contribution in [0.2, 0.25) is 0 Å². The third kappa shape index (κ3) is 4.09. The van der Waals surface area contributed by atoms with Gasteiger partial charge >= 0.3 is 0 Å². The Morgan fingerprint density at radius 2 is 1.42 bits per heavy atom. The zero-order valence-corrected chi connectivity index (χ0v) is 16.9. The largest absolute Gasteiger partial charge is 0.457 e. The summed E-state index contributed by atoms with van der Waals surface area (Å²) in [6.45, 7) is 0. The van der Waals surface area contributed by atoms with E-state index in [9.17, 15) is 0 Å². The van der Waals surface area contributed by atoms with Crippen molar-refractivity contribution >= 4 is 0 Å². The van der Waals surface area contributed by atoms with Crippen molar-refractivity contribution in [1.82, 2.24) is 14.5 Å². The van der Waals surface area contributed by atoms with E-state index in [0.717, 1.165) is 33.9 Å². The second-order valence-corrected chi connectivity index (χ2v) is 7.20. The van der Waals surface area contributed by atoms with Crippen molar-refractivity contribution in [1.29, 1.82) is 0 Å². The minimum Gasteiger partial charge on any atom is -0.457 e. The van der Waals surface area contributed by atoms with Gasteiger partial charge in [0.15, 0.2) is 0 Å².